The zero-order valence-electron chi connectivity index (χ0n) is 18.5. The lowest BCUT2D eigenvalue weighted by atomic mass is 10.1. The molecule has 2 aromatic rings. The number of rotatable bonds is 8. The first-order chi connectivity index (χ1) is 16.3. The van der Waals surface area contributed by atoms with E-state index in [1.165, 1.54) is 9.80 Å². The van der Waals surface area contributed by atoms with E-state index >= 15 is 0 Å². The van der Waals surface area contributed by atoms with Gasteiger partial charge in [-0.3, -0.25) is 9.59 Å². The molecule has 180 valence electrons. The van der Waals surface area contributed by atoms with Gasteiger partial charge in [0.1, 0.15) is 23.6 Å². The monoisotopic (exact) mass is 470 g/mol. The minimum absolute atomic E-state index is 0.263. The number of carboxylic acid groups (broad SMARTS) is 2. The number of benzene rings is 2. The first-order valence-corrected chi connectivity index (χ1v) is 11.2. The predicted molar refractivity (Wildman–Crippen MR) is 120 cm³/mol. The van der Waals surface area contributed by atoms with Gasteiger partial charge in [0, 0.05) is 18.5 Å². The molecule has 2 saturated heterocycles. The lowest BCUT2D eigenvalue weighted by Gasteiger charge is -2.22. The Morgan fingerprint density at radius 3 is 2.00 bits per heavy atom. The maximum atomic E-state index is 12.5. The van der Waals surface area contributed by atoms with E-state index in [9.17, 15) is 29.4 Å². The van der Waals surface area contributed by atoms with Gasteiger partial charge in [-0.25, -0.2) is 9.59 Å². The zero-order valence-corrected chi connectivity index (χ0v) is 18.5. The molecule has 4 rings (SSSR count). The smallest absolute Gasteiger partial charge is 0.326 e. The summed E-state index contributed by atoms with van der Waals surface area (Å²) in [5, 5.41) is 20.0. The molecule has 2 aliphatic rings. The summed E-state index contributed by atoms with van der Waals surface area (Å²) >= 11 is 0. The van der Waals surface area contributed by atoms with Crippen molar-refractivity contribution in [3.63, 3.8) is 0 Å². The van der Waals surface area contributed by atoms with Crippen molar-refractivity contribution >= 4 is 34.5 Å². The van der Waals surface area contributed by atoms with Crippen LogP contribution in [0.2, 0.25) is 0 Å². The van der Waals surface area contributed by atoms with Crippen molar-refractivity contribution in [1.82, 2.24) is 9.80 Å². The van der Waals surface area contributed by atoms with Crippen LogP contribution in [0.25, 0.3) is 10.8 Å². The molecule has 2 heterocycles. The second-order valence-electron chi connectivity index (χ2n) is 8.38. The molecule has 2 atom stereocenters. The van der Waals surface area contributed by atoms with Crippen molar-refractivity contribution in [1.29, 1.82) is 0 Å². The van der Waals surface area contributed by atoms with Gasteiger partial charge >= 0.3 is 11.9 Å². The van der Waals surface area contributed by atoms with E-state index in [1.807, 2.05) is 6.07 Å². The summed E-state index contributed by atoms with van der Waals surface area (Å²) in [6, 6.07) is 8.85. The van der Waals surface area contributed by atoms with E-state index in [1.54, 1.807) is 30.3 Å². The van der Waals surface area contributed by atoms with Crippen LogP contribution in [0.1, 0.15) is 25.7 Å². The average molecular weight is 470 g/mol. The van der Waals surface area contributed by atoms with Crippen molar-refractivity contribution in [3.05, 3.63) is 36.4 Å². The van der Waals surface area contributed by atoms with Crippen LogP contribution >= 0.6 is 0 Å². The van der Waals surface area contributed by atoms with Gasteiger partial charge in [-0.1, -0.05) is 12.1 Å². The third-order valence-electron chi connectivity index (χ3n) is 6.24. The molecule has 2 N–H and O–H groups in total. The molecule has 0 saturated carbocycles. The molecule has 2 aliphatic heterocycles. The summed E-state index contributed by atoms with van der Waals surface area (Å²) in [5.74, 6) is -1.84. The number of aliphatic carboxylic acids is 2. The Balaban J connectivity index is 1.38. The van der Waals surface area contributed by atoms with Crippen molar-refractivity contribution in [2.75, 3.05) is 26.3 Å². The topological polar surface area (TPSA) is 134 Å². The van der Waals surface area contributed by atoms with Crippen LogP contribution in [0.5, 0.6) is 11.5 Å². The first-order valence-electron chi connectivity index (χ1n) is 11.2. The molecule has 2 fully saturated rings. The Bertz CT molecular complexity index is 1120. The highest BCUT2D eigenvalue weighted by Gasteiger charge is 2.35. The molecule has 0 aromatic heterocycles. The van der Waals surface area contributed by atoms with Crippen LogP contribution in [0.4, 0.5) is 0 Å². The van der Waals surface area contributed by atoms with E-state index in [-0.39, 0.29) is 25.0 Å². The van der Waals surface area contributed by atoms with Crippen molar-refractivity contribution in [3.8, 4) is 11.5 Å². The van der Waals surface area contributed by atoms with E-state index in [2.05, 4.69) is 0 Å². The normalized spacial score (nSPS) is 19.9. The van der Waals surface area contributed by atoms with Crippen molar-refractivity contribution in [2.24, 2.45) is 0 Å². The lowest BCUT2D eigenvalue weighted by molar-refractivity contribution is -0.149. The number of hydrogen-bond donors (Lipinski definition) is 2. The van der Waals surface area contributed by atoms with Crippen molar-refractivity contribution < 1.29 is 38.9 Å². The molecule has 0 bridgehead atoms. The standard InChI is InChI=1S/C24H26N2O8/c27-21(25-10-2-5-18(25)23(29)30)13-33-16-8-9-17-15(12-16)4-1-7-20(17)34-14-22(28)26-11-3-6-19(26)24(31)32/h1,4,7-9,12,18-19H,2-3,5-6,10-11,13-14H2,(H,29,30)(H,31,32)/t18-,19-/m1/s1. The maximum absolute atomic E-state index is 12.5. The third kappa shape index (κ3) is 4.90. The van der Waals surface area contributed by atoms with E-state index < -0.39 is 24.0 Å². The Morgan fingerprint density at radius 1 is 0.824 bits per heavy atom. The number of ether oxygens (including phenoxy) is 2. The van der Waals surface area contributed by atoms with Crippen LogP contribution in [0.15, 0.2) is 36.4 Å². The molecule has 0 spiro atoms. The summed E-state index contributed by atoms with van der Waals surface area (Å²) in [5.41, 5.74) is 0. The van der Waals surface area contributed by atoms with Crippen LogP contribution in [0, 0.1) is 0 Å². The molecular weight excluding hydrogens is 444 g/mol. The van der Waals surface area contributed by atoms with Gasteiger partial charge < -0.3 is 29.5 Å². The van der Waals surface area contributed by atoms with Gasteiger partial charge in [0.15, 0.2) is 13.2 Å². The largest absolute Gasteiger partial charge is 0.484 e. The molecule has 10 heteroatoms. The number of carbonyl (C=O) groups is 4. The first kappa shape index (κ1) is 23.3. The number of carboxylic acids is 2. The predicted octanol–water partition coefficient (Wildman–Crippen LogP) is 1.75. The van der Waals surface area contributed by atoms with Crippen LogP contribution in [-0.4, -0.2) is 82.2 Å². The van der Waals surface area contributed by atoms with Gasteiger partial charge in [0.05, 0.1) is 0 Å². The van der Waals surface area contributed by atoms with Gasteiger partial charge in [-0.05, 0) is 55.3 Å². The molecule has 0 aliphatic carbocycles. The fourth-order valence-corrected chi connectivity index (χ4v) is 4.54. The molecule has 10 nitrogen and oxygen atoms in total. The van der Waals surface area contributed by atoms with Gasteiger partial charge in [0.25, 0.3) is 11.8 Å². The van der Waals surface area contributed by atoms with Crippen LogP contribution in [-0.2, 0) is 19.2 Å². The van der Waals surface area contributed by atoms with E-state index in [4.69, 9.17) is 9.47 Å². The quantitative estimate of drug-likeness (QED) is 0.596. The number of hydrogen-bond acceptors (Lipinski definition) is 6. The molecule has 34 heavy (non-hydrogen) atoms. The summed E-state index contributed by atoms with van der Waals surface area (Å²) in [4.78, 5) is 50.2. The number of amides is 2. The van der Waals surface area contributed by atoms with E-state index in [0.29, 0.717) is 50.3 Å². The van der Waals surface area contributed by atoms with Gasteiger partial charge in [0.2, 0.25) is 0 Å². The van der Waals surface area contributed by atoms with Gasteiger partial charge in [-0.2, -0.15) is 0 Å². The average Bonchev–Trinajstić information content (AvgIpc) is 3.51. The zero-order chi connectivity index (χ0) is 24.2. The highest BCUT2D eigenvalue weighted by atomic mass is 16.5. The molecular formula is C24H26N2O8. The summed E-state index contributed by atoms with van der Waals surface area (Å²) in [7, 11) is 0. The maximum Gasteiger partial charge on any atom is 0.326 e. The Hall–Kier alpha value is -3.82. The number of fused-ring (bicyclic) bond motifs is 1. The van der Waals surface area contributed by atoms with Crippen LogP contribution in [0.3, 0.4) is 0 Å². The second kappa shape index (κ2) is 9.98. The lowest BCUT2D eigenvalue weighted by Crippen LogP contribution is -2.42. The third-order valence-corrected chi connectivity index (χ3v) is 6.24. The van der Waals surface area contributed by atoms with E-state index in [0.717, 1.165) is 10.8 Å². The highest BCUT2D eigenvalue weighted by Crippen LogP contribution is 2.29. The SMILES string of the molecule is O=C(O)[C@H]1CCCN1C(=O)COc1ccc2c(OCC(=O)N3CCC[C@@H]3C(=O)O)cccc2c1. The fraction of sp³-hybridized carbons (Fsp3) is 0.417. The number of nitrogens with zero attached hydrogens (tertiary/aromatic N) is 2. The Kier molecular flexibility index (Phi) is 6.85. The van der Waals surface area contributed by atoms with Gasteiger partial charge in [-0.15, -0.1) is 0 Å². The summed E-state index contributed by atoms with van der Waals surface area (Å²) in [6.45, 7) is 0.274. The Labute approximate surface area is 195 Å². The molecule has 2 aromatic carbocycles. The summed E-state index contributed by atoms with van der Waals surface area (Å²) < 4.78 is 11.3. The second-order valence-corrected chi connectivity index (χ2v) is 8.38. The van der Waals surface area contributed by atoms with Crippen LogP contribution < -0.4 is 9.47 Å². The molecule has 0 radical (unpaired) electrons. The minimum Gasteiger partial charge on any atom is -0.484 e. The molecule has 2 amide bonds. The molecule has 0 unspecified atom stereocenters. The minimum atomic E-state index is -1.01. The van der Waals surface area contributed by atoms with Crippen molar-refractivity contribution in [2.45, 2.75) is 37.8 Å². The number of likely N-dealkylation sites (tertiary alicyclic amines) is 2. The Morgan fingerprint density at radius 2 is 1.41 bits per heavy atom. The summed E-state index contributed by atoms with van der Waals surface area (Å²) in [6.07, 6.45) is 2.18. The highest BCUT2D eigenvalue weighted by molar-refractivity contribution is 5.90. The number of carbonyl (C=O) groups excluding carboxylic acids is 2. The fourth-order valence-electron chi connectivity index (χ4n) is 4.54.